The second-order valence-electron chi connectivity index (χ2n) is 5.71. The van der Waals surface area contributed by atoms with Crippen molar-refractivity contribution in [3.63, 3.8) is 0 Å². The molecule has 2 aromatic rings. The Hall–Kier alpha value is -2.03. The quantitative estimate of drug-likeness (QED) is 0.926. The van der Waals surface area contributed by atoms with E-state index in [0.29, 0.717) is 18.2 Å². The highest BCUT2D eigenvalue weighted by Gasteiger charge is 2.27. The molecule has 0 heterocycles. The van der Waals surface area contributed by atoms with Crippen LogP contribution in [0.15, 0.2) is 36.4 Å². The molecule has 3 nitrogen and oxygen atoms in total. The van der Waals surface area contributed by atoms with Crippen LogP contribution in [0.4, 0.5) is 0 Å². The van der Waals surface area contributed by atoms with Crippen LogP contribution in [0.25, 0.3) is 10.8 Å². The molecular formula is C18H21NO2. The fraction of sp³-hybridized carbons (Fsp3) is 0.389. The van der Waals surface area contributed by atoms with Crippen molar-refractivity contribution >= 4 is 16.7 Å². The van der Waals surface area contributed by atoms with Crippen LogP contribution in [0, 0.1) is 0 Å². The minimum atomic E-state index is -0.0485. The van der Waals surface area contributed by atoms with E-state index < -0.39 is 0 Å². The summed E-state index contributed by atoms with van der Waals surface area (Å²) in [5, 5.41) is 12.2. The monoisotopic (exact) mass is 283 g/mol. The number of fused-ring (bicyclic) bond motifs is 1. The van der Waals surface area contributed by atoms with E-state index in [1.54, 1.807) is 6.07 Å². The smallest absolute Gasteiger partial charge is 0.257 e. The number of amides is 1. The number of carbonyl (C=O) groups excluding carboxylic acids is 1. The molecule has 1 fully saturated rings. The summed E-state index contributed by atoms with van der Waals surface area (Å²) in [7, 11) is 0. The van der Waals surface area contributed by atoms with Crippen molar-refractivity contribution in [3.05, 3.63) is 42.0 Å². The highest BCUT2D eigenvalue weighted by molar-refractivity contribution is 6.03. The van der Waals surface area contributed by atoms with Crippen LogP contribution in [0.1, 0.15) is 43.0 Å². The van der Waals surface area contributed by atoms with E-state index in [-0.39, 0.29) is 11.7 Å². The van der Waals surface area contributed by atoms with E-state index in [4.69, 9.17) is 0 Å². The standard InChI is InChI=1S/C18H21NO2/c1-2-19(14-8-4-5-9-14)18(21)16-12-11-13-7-3-6-10-15(13)17(16)20/h3,6-7,10-12,14,20H,2,4-5,8-9H2,1H3. The number of hydrogen-bond donors (Lipinski definition) is 1. The summed E-state index contributed by atoms with van der Waals surface area (Å²) in [6.45, 7) is 2.70. The van der Waals surface area contributed by atoms with Crippen molar-refractivity contribution in [2.24, 2.45) is 0 Å². The number of benzene rings is 2. The van der Waals surface area contributed by atoms with Crippen molar-refractivity contribution in [3.8, 4) is 5.75 Å². The molecule has 0 unspecified atom stereocenters. The molecule has 1 saturated carbocycles. The summed E-state index contributed by atoms with van der Waals surface area (Å²) in [6.07, 6.45) is 4.54. The van der Waals surface area contributed by atoms with Gasteiger partial charge < -0.3 is 10.0 Å². The van der Waals surface area contributed by atoms with Gasteiger partial charge in [-0.15, -0.1) is 0 Å². The van der Waals surface area contributed by atoms with Gasteiger partial charge in [-0.3, -0.25) is 4.79 Å². The first-order valence-corrected chi connectivity index (χ1v) is 7.74. The molecule has 0 spiro atoms. The number of aromatic hydroxyl groups is 1. The maximum Gasteiger partial charge on any atom is 0.257 e. The van der Waals surface area contributed by atoms with E-state index in [9.17, 15) is 9.90 Å². The molecule has 0 radical (unpaired) electrons. The van der Waals surface area contributed by atoms with Gasteiger partial charge in [-0.2, -0.15) is 0 Å². The number of phenols is 1. The van der Waals surface area contributed by atoms with Gasteiger partial charge in [-0.25, -0.2) is 0 Å². The molecule has 1 N–H and O–H groups in total. The van der Waals surface area contributed by atoms with Gasteiger partial charge in [0.25, 0.3) is 5.91 Å². The molecule has 0 atom stereocenters. The van der Waals surface area contributed by atoms with Gasteiger partial charge in [-0.1, -0.05) is 43.2 Å². The molecule has 3 rings (SSSR count). The Morgan fingerprint density at radius 2 is 1.90 bits per heavy atom. The van der Waals surface area contributed by atoms with Gasteiger partial charge in [0.05, 0.1) is 5.56 Å². The molecule has 21 heavy (non-hydrogen) atoms. The Labute approximate surface area is 125 Å². The maximum atomic E-state index is 12.8. The first-order chi connectivity index (χ1) is 10.2. The van der Waals surface area contributed by atoms with Crippen LogP contribution in [-0.4, -0.2) is 28.5 Å². The molecular weight excluding hydrogens is 262 g/mol. The summed E-state index contributed by atoms with van der Waals surface area (Å²) < 4.78 is 0. The van der Waals surface area contributed by atoms with Crippen molar-refractivity contribution in [1.82, 2.24) is 4.90 Å². The zero-order valence-electron chi connectivity index (χ0n) is 12.4. The fourth-order valence-corrected chi connectivity index (χ4v) is 3.37. The number of hydrogen-bond acceptors (Lipinski definition) is 2. The second-order valence-corrected chi connectivity index (χ2v) is 5.71. The SMILES string of the molecule is CCN(C(=O)c1ccc2ccccc2c1O)C1CCCC1. The Bertz CT molecular complexity index is 659. The summed E-state index contributed by atoms with van der Waals surface area (Å²) in [4.78, 5) is 14.7. The van der Waals surface area contributed by atoms with E-state index >= 15 is 0 Å². The zero-order valence-corrected chi connectivity index (χ0v) is 12.4. The molecule has 2 aromatic carbocycles. The lowest BCUT2D eigenvalue weighted by Crippen LogP contribution is -2.38. The third-order valence-corrected chi connectivity index (χ3v) is 4.50. The van der Waals surface area contributed by atoms with Crippen molar-refractivity contribution in [1.29, 1.82) is 0 Å². The highest BCUT2D eigenvalue weighted by Crippen LogP contribution is 2.31. The number of carbonyl (C=O) groups is 1. The van der Waals surface area contributed by atoms with E-state index in [1.807, 2.05) is 42.2 Å². The third kappa shape index (κ3) is 2.48. The molecule has 1 aliphatic carbocycles. The molecule has 0 bridgehead atoms. The zero-order chi connectivity index (χ0) is 14.8. The molecule has 3 heteroatoms. The molecule has 1 amide bonds. The number of rotatable bonds is 3. The van der Waals surface area contributed by atoms with Crippen LogP contribution in [-0.2, 0) is 0 Å². The minimum absolute atomic E-state index is 0.0485. The predicted octanol–water partition coefficient (Wildman–Crippen LogP) is 3.95. The molecule has 0 saturated heterocycles. The Kier molecular flexibility index (Phi) is 3.82. The van der Waals surface area contributed by atoms with Gasteiger partial charge in [0.1, 0.15) is 5.75 Å². The van der Waals surface area contributed by atoms with E-state index in [2.05, 4.69) is 0 Å². The van der Waals surface area contributed by atoms with Gasteiger partial charge in [0, 0.05) is 18.0 Å². The average molecular weight is 283 g/mol. The maximum absolute atomic E-state index is 12.8. The topological polar surface area (TPSA) is 40.5 Å². The number of nitrogens with zero attached hydrogens (tertiary/aromatic N) is 1. The van der Waals surface area contributed by atoms with Crippen LogP contribution in [0.2, 0.25) is 0 Å². The van der Waals surface area contributed by atoms with Crippen LogP contribution in [0.3, 0.4) is 0 Å². The summed E-state index contributed by atoms with van der Waals surface area (Å²) in [5.41, 5.74) is 0.419. The van der Waals surface area contributed by atoms with E-state index in [1.165, 1.54) is 12.8 Å². The Morgan fingerprint density at radius 3 is 2.62 bits per heavy atom. The minimum Gasteiger partial charge on any atom is -0.506 e. The molecule has 0 aromatic heterocycles. The molecule has 110 valence electrons. The highest BCUT2D eigenvalue weighted by atomic mass is 16.3. The number of phenolic OH excluding ortho intramolecular Hbond substituents is 1. The molecule has 1 aliphatic rings. The summed E-state index contributed by atoms with van der Waals surface area (Å²) in [5.74, 6) is 0.0576. The molecule has 0 aliphatic heterocycles. The van der Waals surface area contributed by atoms with Crippen molar-refractivity contribution in [2.45, 2.75) is 38.6 Å². The van der Waals surface area contributed by atoms with Gasteiger partial charge in [-0.05, 0) is 31.2 Å². The average Bonchev–Trinajstić information content (AvgIpc) is 3.02. The van der Waals surface area contributed by atoms with Gasteiger partial charge >= 0.3 is 0 Å². The lowest BCUT2D eigenvalue weighted by atomic mass is 10.0. The lowest BCUT2D eigenvalue weighted by molar-refractivity contribution is 0.0691. The van der Waals surface area contributed by atoms with Crippen LogP contribution < -0.4 is 0 Å². The first kappa shape index (κ1) is 13.9. The normalized spacial score (nSPS) is 15.5. The van der Waals surface area contributed by atoms with E-state index in [0.717, 1.165) is 23.6 Å². The lowest BCUT2D eigenvalue weighted by Gasteiger charge is -2.28. The van der Waals surface area contributed by atoms with Crippen LogP contribution >= 0.6 is 0 Å². The van der Waals surface area contributed by atoms with Gasteiger partial charge in [0.2, 0.25) is 0 Å². The Morgan fingerprint density at radius 1 is 1.19 bits per heavy atom. The van der Waals surface area contributed by atoms with Gasteiger partial charge in [0.15, 0.2) is 0 Å². The second kappa shape index (κ2) is 5.76. The first-order valence-electron chi connectivity index (χ1n) is 7.74. The fourth-order valence-electron chi connectivity index (χ4n) is 3.37. The summed E-state index contributed by atoms with van der Waals surface area (Å²) >= 11 is 0. The predicted molar refractivity (Wildman–Crippen MR) is 84.6 cm³/mol. The third-order valence-electron chi connectivity index (χ3n) is 4.50. The van der Waals surface area contributed by atoms with Crippen molar-refractivity contribution in [2.75, 3.05) is 6.54 Å². The van der Waals surface area contributed by atoms with Crippen molar-refractivity contribution < 1.29 is 9.90 Å². The van der Waals surface area contributed by atoms with Crippen LogP contribution in [0.5, 0.6) is 5.75 Å². The Balaban J connectivity index is 1.98. The largest absolute Gasteiger partial charge is 0.506 e. The summed E-state index contributed by atoms with van der Waals surface area (Å²) in [6, 6.07) is 11.6.